The highest BCUT2D eigenvalue weighted by atomic mass is 31.2. The molecule has 0 bridgehead atoms. The molecule has 104 valence electrons. The number of benzene rings is 1. The molecule has 1 fully saturated rings. The van der Waals surface area contributed by atoms with E-state index in [1.807, 2.05) is 30.3 Å². The van der Waals surface area contributed by atoms with Crippen molar-refractivity contribution < 1.29 is 9.36 Å². The van der Waals surface area contributed by atoms with Crippen molar-refractivity contribution >= 4 is 13.5 Å². The summed E-state index contributed by atoms with van der Waals surface area (Å²) in [6, 6.07) is 8.89. The van der Waals surface area contributed by atoms with Crippen LogP contribution in [0.25, 0.3) is 0 Å². The molecule has 0 aromatic heterocycles. The van der Waals surface area contributed by atoms with E-state index >= 15 is 0 Å². The third-order valence-electron chi connectivity index (χ3n) is 3.17. The largest absolute Gasteiger partial charge is 0.320 e. The van der Waals surface area contributed by atoms with E-state index in [1.54, 1.807) is 0 Å². The zero-order valence-corrected chi connectivity index (χ0v) is 11.6. The van der Waals surface area contributed by atoms with E-state index < -0.39 is 13.6 Å². The monoisotopic (exact) mass is 282 g/mol. The molecule has 2 atom stereocenters. The molecule has 5 N–H and O–H groups in total. The Kier molecular flexibility index (Phi) is 4.37. The Labute approximate surface area is 112 Å². The van der Waals surface area contributed by atoms with E-state index in [9.17, 15) is 9.36 Å². The average Bonchev–Trinajstić information content (AvgIpc) is 2.41. The first-order valence-electron chi connectivity index (χ1n) is 6.26. The molecule has 6 nitrogen and oxygen atoms in total. The van der Waals surface area contributed by atoms with Gasteiger partial charge in [-0.05, 0) is 18.4 Å². The summed E-state index contributed by atoms with van der Waals surface area (Å²) < 4.78 is 13.6. The van der Waals surface area contributed by atoms with Crippen LogP contribution in [0.2, 0.25) is 0 Å². The van der Waals surface area contributed by atoms with Gasteiger partial charge in [-0.2, -0.15) is 0 Å². The van der Waals surface area contributed by atoms with Crippen LogP contribution in [0.3, 0.4) is 0 Å². The third kappa shape index (κ3) is 3.42. The normalized spacial score (nSPS) is 23.2. The van der Waals surface area contributed by atoms with E-state index in [0.717, 1.165) is 12.0 Å². The van der Waals surface area contributed by atoms with Gasteiger partial charge in [0.25, 0.3) is 0 Å². The van der Waals surface area contributed by atoms with E-state index in [4.69, 9.17) is 11.2 Å². The molecular weight excluding hydrogens is 263 g/mol. The molecule has 0 saturated carbocycles. The van der Waals surface area contributed by atoms with Gasteiger partial charge in [-0.1, -0.05) is 30.3 Å². The molecule has 1 amide bonds. The fourth-order valence-corrected chi connectivity index (χ4v) is 3.53. The average molecular weight is 282 g/mol. The van der Waals surface area contributed by atoms with Crippen LogP contribution in [0.1, 0.15) is 18.4 Å². The van der Waals surface area contributed by atoms with Gasteiger partial charge >= 0.3 is 7.59 Å². The number of nitrogens with two attached hydrogens (primary N) is 2. The van der Waals surface area contributed by atoms with Crippen molar-refractivity contribution in [3.05, 3.63) is 35.9 Å². The summed E-state index contributed by atoms with van der Waals surface area (Å²) >= 11 is 0. The second-order valence-electron chi connectivity index (χ2n) is 4.65. The molecule has 1 saturated heterocycles. The molecule has 1 aliphatic heterocycles. The molecule has 0 radical (unpaired) electrons. The van der Waals surface area contributed by atoms with Crippen LogP contribution < -0.4 is 16.3 Å². The second-order valence-corrected chi connectivity index (χ2v) is 6.70. The van der Waals surface area contributed by atoms with Crippen LogP contribution in [-0.4, -0.2) is 23.2 Å². The number of nitrogens with zero attached hydrogens (tertiary/aromatic N) is 1. The summed E-state index contributed by atoms with van der Waals surface area (Å²) in [5.41, 5.74) is 12.4. The van der Waals surface area contributed by atoms with Gasteiger partial charge in [0.1, 0.15) is 0 Å². The lowest BCUT2D eigenvalue weighted by atomic mass is 10.1. The van der Waals surface area contributed by atoms with Gasteiger partial charge in [0.2, 0.25) is 5.91 Å². The minimum Gasteiger partial charge on any atom is -0.320 e. The number of carbonyl (C=O) groups is 1. The van der Waals surface area contributed by atoms with E-state index in [2.05, 4.69) is 5.09 Å². The first-order chi connectivity index (χ1) is 9.00. The van der Waals surface area contributed by atoms with Gasteiger partial charge in [0, 0.05) is 13.1 Å². The summed E-state index contributed by atoms with van der Waals surface area (Å²) in [6.45, 7) is 0.746. The van der Waals surface area contributed by atoms with Gasteiger partial charge in [-0.15, -0.1) is 0 Å². The van der Waals surface area contributed by atoms with Crippen LogP contribution in [0.4, 0.5) is 0 Å². The molecule has 0 aliphatic carbocycles. The first kappa shape index (κ1) is 14.2. The van der Waals surface area contributed by atoms with E-state index in [0.29, 0.717) is 19.5 Å². The van der Waals surface area contributed by atoms with Gasteiger partial charge in [-0.3, -0.25) is 19.5 Å². The van der Waals surface area contributed by atoms with E-state index in [1.165, 1.54) is 4.67 Å². The summed E-state index contributed by atoms with van der Waals surface area (Å²) in [4.78, 5) is 11.9. The maximum Gasteiger partial charge on any atom is 0.305 e. The van der Waals surface area contributed by atoms with Crippen molar-refractivity contribution in [3.8, 4) is 0 Å². The van der Waals surface area contributed by atoms with Gasteiger partial charge in [-0.25, -0.2) is 5.09 Å². The Balaban J connectivity index is 2.01. The second kappa shape index (κ2) is 5.84. The van der Waals surface area contributed by atoms with Gasteiger partial charge in [0.15, 0.2) is 0 Å². The number of hydrogen-bond donors (Lipinski definition) is 3. The molecule has 1 aromatic carbocycles. The molecular formula is C12H19N4O2P. The topological polar surface area (TPSA) is 101 Å². The minimum atomic E-state index is -3.37. The quantitative estimate of drug-likeness (QED) is 0.709. The van der Waals surface area contributed by atoms with Gasteiger partial charge in [0.05, 0.1) is 6.04 Å². The Morgan fingerprint density at radius 2 is 2.05 bits per heavy atom. The number of nitrogens with one attached hydrogen (secondary N) is 1. The molecule has 7 heteroatoms. The Bertz CT molecular complexity index is 494. The van der Waals surface area contributed by atoms with Crippen LogP contribution in [0.5, 0.6) is 0 Å². The summed E-state index contributed by atoms with van der Waals surface area (Å²) in [7, 11) is -3.37. The molecule has 1 aliphatic rings. The van der Waals surface area contributed by atoms with Crippen molar-refractivity contribution in [1.29, 1.82) is 0 Å². The summed E-state index contributed by atoms with van der Waals surface area (Å²) in [6.07, 6.45) is 1.34. The van der Waals surface area contributed by atoms with E-state index in [-0.39, 0.29) is 5.91 Å². The molecule has 1 unspecified atom stereocenters. The highest BCUT2D eigenvalue weighted by Crippen LogP contribution is 2.39. The number of carbonyl (C=O) groups excluding carboxylic acids is 1. The minimum absolute atomic E-state index is 0.336. The molecule has 0 spiro atoms. The third-order valence-corrected chi connectivity index (χ3v) is 4.89. The Morgan fingerprint density at radius 1 is 1.37 bits per heavy atom. The smallest absolute Gasteiger partial charge is 0.305 e. The Morgan fingerprint density at radius 3 is 2.74 bits per heavy atom. The fourth-order valence-electron chi connectivity index (χ4n) is 2.07. The number of hydrogen-bond acceptors (Lipinski definition) is 3. The maximum absolute atomic E-state index is 12.4. The number of amides is 1. The highest BCUT2D eigenvalue weighted by Gasteiger charge is 2.35. The lowest BCUT2D eigenvalue weighted by Crippen LogP contribution is -2.49. The number of rotatable bonds is 4. The van der Waals surface area contributed by atoms with Gasteiger partial charge < -0.3 is 5.73 Å². The predicted octanol–water partition coefficient (Wildman–Crippen LogP) is 0.793. The molecule has 1 heterocycles. The zero-order valence-electron chi connectivity index (χ0n) is 10.7. The highest BCUT2D eigenvalue weighted by molar-refractivity contribution is 7.57. The summed E-state index contributed by atoms with van der Waals surface area (Å²) in [5, 5.41) is 2.78. The van der Waals surface area contributed by atoms with Crippen LogP contribution >= 0.6 is 7.59 Å². The maximum atomic E-state index is 12.4. The predicted molar refractivity (Wildman–Crippen MR) is 74.0 cm³/mol. The lowest BCUT2D eigenvalue weighted by molar-refractivity contribution is -0.129. The van der Waals surface area contributed by atoms with Crippen LogP contribution in [0, 0.1) is 0 Å². The lowest BCUT2D eigenvalue weighted by Gasteiger charge is -2.34. The zero-order chi connectivity index (χ0) is 13.9. The standard InChI is InChI=1S/C12H19N4O2P/c13-11-7-4-8-16(12(11)17)19(14,18)15-9-10-5-2-1-3-6-10/h1-3,5-6,11H,4,7-9,13H2,(H3,14,15,18)/t11-,19?/m0/s1. The summed E-state index contributed by atoms with van der Waals surface area (Å²) in [5.74, 6) is -0.336. The fraction of sp³-hybridized carbons (Fsp3) is 0.417. The SMILES string of the molecule is N[C@H]1CCCN(P(N)(=O)NCc2ccccc2)C1=O. The Hall–Kier alpha value is -1.20. The van der Waals surface area contributed by atoms with Crippen molar-refractivity contribution in [2.45, 2.75) is 25.4 Å². The molecule has 19 heavy (non-hydrogen) atoms. The van der Waals surface area contributed by atoms with Crippen molar-refractivity contribution in [3.63, 3.8) is 0 Å². The van der Waals surface area contributed by atoms with Crippen molar-refractivity contribution in [2.24, 2.45) is 11.2 Å². The number of piperidine rings is 1. The van der Waals surface area contributed by atoms with Crippen LogP contribution in [-0.2, 0) is 15.9 Å². The van der Waals surface area contributed by atoms with Crippen LogP contribution in [0.15, 0.2) is 30.3 Å². The molecule has 1 aromatic rings. The molecule has 2 rings (SSSR count). The van der Waals surface area contributed by atoms with Crippen molar-refractivity contribution in [1.82, 2.24) is 9.76 Å². The first-order valence-corrected chi connectivity index (χ1v) is 7.99. The van der Waals surface area contributed by atoms with Crippen molar-refractivity contribution in [2.75, 3.05) is 6.54 Å².